The van der Waals surface area contributed by atoms with Crippen molar-refractivity contribution in [3.8, 4) is 0 Å². The van der Waals surface area contributed by atoms with E-state index in [9.17, 15) is 9.18 Å². The van der Waals surface area contributed by atoms with Crippen molar-refractivity contribution in [3.05, 3.63) is 22.5 Å². The average Bonchev–Trinajstić information content (AvgIpc) is 2.88. The summed E-state index contributed by atoms with van der Waals surface area (Å²) in [5, 5.41) is 0.122. The van der Waals surface area contributed by atoms with E-state index >= 15 is 0 Å². The van der Waals surface area contributed by atoms with Crippen molar-refractivity contribution >= 4 is 25.9 Å². The lowest BCUT2D eigenvalue weighted by atomic mass is 10.2. The Balaban J connectivity index is 2.00. The predicted molar refractivity (Wildman–Crippen MR) is 92.4 cm³/mol. The van der Waals surface area contributed by atoms with E-state index in [0.717, 1.165) is 10.8 Å². The van der Waals surface area contributed by atoms with E-state index in [1.807, 2.05) is 0 Å². The van der Waals surface area contributed by atoms with E-state index in [-0.39, 0.29) is 10.5 Å². The van der Waals surface area contributed by atoms with E-state index in [4.69, 9.17) is 14.9 Å². The highest BCUT2D eigenvalue weighted by atomic mass is 32.2. The molecule has 0 aromatic carbocycles. The summed E-state index contributed by atoms with van der Waals surface area (Å²) in [5.41, 5.74) is 4.50. The van der Waals surface area contributed by atoms with Crippen molar-refractivity contribution < 1.29 is 13.6 Å². The van der Waals surface area contributed by atoms with Crippen molar-refractivity contribution in [1.82, 2.24) is 9.55 Å². The molecular weight excluding hydrogens is 337 g/mol. The van der Waals surface area contributed by atoms with E-state index in [0.29, 0.717) is 12.4 Å². The summed E-state index contributed by atoms with van der Waals surface area (Å²) >= 11 is 1.55. The first-order valence-corrected chi connectivity index (χ1v) is 11.4. The molecule has 1 saturated heterocycles. The molecule has 0 bridgehead atoms. The molecule has 130 valence electrons. The number of anilines is 1. The molecule has 6 nitrogen and oxygen atoms in total. The van der Waals surface area contributed by atoms with Gasteiger partial charge in [0.1, 0.15) is 11.7 Å². The molecule has 0 saturated carbocycles. The lowest BCUT2D eigenvalue weighted by Crippen LogP contribution is -2.42. The van der Waals surface area contributed by atoms with Crippen molar-refractivity contribution in [1.29, 1.82) is 0 Å². The molecule has 2 N–H and O–H groups in total. The Hall–Kier alpha value is -0.903. The van der Waals surface area contributed by atoms with Crippen LogP contribution in [0.1, 0.15) is 27.0 Å². The monoisotopic (exact) mass is 361 g/mol. The summed E-state index contributed by atoms with van der Waals surface area (Å²) in [7, 11) is -1.85. The maximum absolute atomic E-state index is 13.5. The third-order valence-corrected chi connectivity index (χ3v) is 9.96. The second-order valence-electron chi connectivity index (χ2n) is 7.09. The molecule has 2 rings (SSSR count). The number of hydrogen-bond acceptors (Lipinski definition) is 6. The van der Waals surface area contributed by atoms with Crippen LogP contribution in [0.2, 0.25) is 18.1 Å². The Morgan fingerprint density at radius 2 is 2.22 bits per heavy atom. The van der Waals surface area contributed by atoms with Crippen LogP contribution >= 0.6 is 11.8 Å². The zero-order valence-electron chi connectivity index (χ0n) is 14.1. The van der Waals surface area contributed by atoms with Gasteiger partial charge in [0.15, 0.2) is 20.0 Å². The normalized spacial score (nSPS) is 22.5. The van der Waals surface area contributed by atoms with Gasteiger partial charge in [-0.25, -0.2) is 9.18 Å². The third-order valence-electron chi connectivity index (χ3n) is 4.36. The average molecular weight is 362 g/mol. The largest absolute Gasteiger partial charge is 0.413 e. The van der Waals surface area contributed by atoms with Gasteiger partial charge in [-0.1, -0.05) is 20.8 Å². The quantitative estimate of drug-likeness (QED) is 0.831. The molecule has 2 atom stereocenters. The molecule has 1 aromatic rings. The van der Waals surface area contributed by atoms with Crippen molar-refractivity contribution in [2.75, 3.05) is 18.1 Å². The minimum atomic E-state index is -1.85. The van der Waals surface area contributed by atoms with Crippen LogP contribution in [0, 0.1) is 5.82 Å². The summed E-state index contributed by atoms with van der Waals surface area (Å²) in [4.78, 5) is 15.3. The van der Waals surface area contributed by atoms with Gasteiger partial charge in [0.25, 0.3) is 0 Å². The Labute approximate surface area is 140 Å². The fourth-order valence-corrected chi connectivity index (χ4v) is 3.94. The van der Waals surface area contributed by atoms with Gasteiger partial charge in [-0.15, -0.1) is 11.8 Å². The molecule has 0 spiro atoms. The van der Waals surface area contributed by atoms with Gasteiger partial charge in [0.05, 0.1) is 12.8 Å². The molecule has 1 fully saturated rings. The Morgan fingerprint density at radius 1 is 1.57 bits per heavy atom. The van der Waals surface area contributed by atoms with Crippen LogP contribution in [0.5, 0.6) is 0 Å². The number of nitrogens with zero attached hydrogens (tertiary/aromatic N) is 2. The van der Waals surface area contributed by atoms with E-state index in [1.165, 1.54) is 0 Å². The lowest BCUT2D eigenvalue weighted by molar-refractivity contribution is -0.00459. The molecule has 0 aliphatic carbocycles. The standard InChI is InChI=1S/C14H24FN3O3SSi/c1-14(2,3)23(4,5)20-7-11-21-10(8-22-11)18-6-9(15)12(16)17-13(18)19/h6,10-11H,7-8H2,1-5H3,(H2,16,17,19)/t10-,11+/m0/s1. The van der Waals surface area contributed by atoms with Crippen LogP contribution in [-0.4, -0.2) is 35.7 Å². The summed E-state index contributed by atoms with van der Waals surface area (Å²) in [6.45, 7) is 11.3. The smallest absolute Gasteiger partial charge is 0.351 e. The third kappa shape index (κ3) is 4.14. The minimum Gasteiger partial charge on any atom is -0.413 e. The zero-order chi connectivity index (χ0) is 17.4. The summed E-state index contributed by atoms with van der Waals surface area (Å²) in [5.74, 6) is -0.579. The minimum absolute atomic E-state index is 0.122. The molecule has 0 radical (unpaired) electrons. The molecule has 1 aliphatic rings. The van der Waals surface area contributed by atoms with Gasteiger partial charge >= 0.3 is 5.69 Å². The summed E-state index contributed by atoms with van der Waals surface area (Å²) in [6.07, 6.45) is 0.496. The molecule has 0 unspecified atom stereocenters. The number of thioether (sulfide) groups is 1. The fraction of sp³-hybridized carbons (Fsp3) is 0.714. The van der Waals surface area contributed by atoms with Crippen molar-refractivity contribution in [2.45, 2.75) is 50.6 Å². The highest BCUT2D eigenvalue weighted by Gasteiger charge is 2.39. The van der Waals surface area contributed by atoms with Gasteiger partial charge in [0.2, 0.25) is 0 Å². The van der Waals surface area contributed by atoms with Gasteiger partial charge in [-0.3, -0.25) is 4.57 Å². The van der Waals surface area contributed by atoms with Crippen LogP contribution in [0.25, 0.3) is 0 Å². The lowest BCUT2D eigenvalue weighted by Gasteiger charge is -2.36. The Bertz CT molecular complexity index is 633. The molecule has 0 amide bonds. The highest BCUT2D eigenvalue weighted by Crippen LogP contribution is 2.38. The number of nitrogens with two attached hydrogens (primary N) is 1. The Morgan fingerprint density at radius 3 is 2.83 bits per heavy atom. The summed E-state index contributed by atoms with van der Waals surface area (Å²) < 4.78 is 26.6. The number of ether oxygens (including phenoxy) is 1. The predicted octanol–water partition coefficient (Wildman–Crippen LogP) is 2.57. The molecule has 9 heteroatoms. The van der Waals surface area contributed by atoms with Crippen LogP contribution < -0.4 is 11.4 Å². The number of hydrogen-bond donors (Lipinski definition) is 1. The first kappa shape index (κ1) is 18.4. The first-order chi connectivity index (χ1) is 10.5. The van der Waals surface area contributed by atoms with Crippen molar-refractivity contribution in [3.63, 3.8) is 0 Å². The topological polar surface area (TPSA) is 79.4 Å². The first-order valence-electron chi connectivity index (χ1n) is 7.46. The van der Waals surface area contributed by atoms with E-state index in [1.54, 1.807) is 11.8 Å². The van der Waals surface area contributed by atoms with Gasteiger partial charge in [-0.2, -0.15) is 4.98 Å². The van der Waals surface area contributed by atoms with Crippen LogP contribution in [0.15, 0.2) is 11.0 Å². The molecule has 1 aromatic heterocycles. The highest BCUT2D eigenvalue weighted by molar-refractivity contribution is 8.00. The number of halogens is 1. The Kier molecular flexibility index (Phi) is 5.24. The van der Waals surface area contributed by atoms with Gasteiger partial charge in [-0.05, 0) is 18.1 Å². The van der Waals surface area contributed by atoms with E-state index < -0.39 is 31.9 Å². The van der Waals surface area contributed by atoms with Gasteiger partial charge in [0, 0.05) is 5.75 Å². The van der Waals surface area contributed by atoms with E-state index in [2.05, 4.69) is 38.8 Å². The number of nitrogen functional groups attached to an aromatic ring is 1. The molecule has 2 heterocycles. The SMILES string of the molecule is CC(C)(C)[Si](C)(C)OC[C@@H]1O[C@H](n2cc(F)c(N)nc2=O)CS1. The summed E-state index contributed by atoms with van der Waals surface area (Å²) in [6, 6.07) is 0. The van der Waals surface area contributed by atoms with Crippen molar-refractivity contribution in [2.24, 2.45) is 0 Å². The maximum atomic E-state index is 13.5. The van der Waals surface area contributed by atoms with Crippen LogP contribution in [0.4, 0.5) is 10.2 Å². The fourth-order valence-electron chi connectivity index (χ4n) is 1.83. The second-order valence-corrected chi connectivity index (χ2v) is 13.1. The zero-order valence-corrected chi connectivity index (χ0v) is 15.9. The maximum Gasteiger partial charge on any atom is 0.351 e. The number of rotatable bonds is 4. The van der Waals surface area contributed by atoms with Crippen LogP contribution in [-0.2, 0) is 9.16 Å². The van der Waals surface area contributed by atoms with Crippen LogP contribution in [0.3, 0.4) is 0 Å². The molecule has 23 heavy (non-hydrogen) atoms. The molecular formula is C14H24FN3O3SSi. The van der Waals surface area contributed by atoms with Gasteiger partial charge < -0.3 is 14.9 Å². The molecule has 1 aliphatic heterocycles. The second kappa shape index (κ2) is 6.54. The number of aromatic nitrogens is 2.